The highest BCUT2D eigenvalue weighted by Crippen LogP contribution is 2.21. The first kappa shape index (κ1) is 17.8. The van der Waals surface area contributed by atoms with Crippen molar-refractivity contribution in [3.8, 4) is 0 Å². The second kappa shape index (κ2) is 8.81. The Balaban J connectivity index is 3.94. The number of nitrogens with one attached hydrogen (secondary N) is 1. The minimum absolute atomic E-state index is 0.115. The van der Waals surface area contributed by atoms with Gasteiger partial charge in [0.1, 0.15) is 0 Å². The van der Waals surface area contributed by atoms with Crippen molar-refractivity contribution in [3.05, 3.63) is 0 Å². The lowest BCUT2D eigenvalue weighted by molar-refractivity contribution is -0.121. The Morgan fingerprint density at radius 1 is 1.33 bits per heavy atom. The van der Waals surface area contributed by atoms with Gasteiger partial charge in [-0.15, -0.1) is 0 Å². The number of nitrogens with two attached hydrogens (primary N) is 1. The van der Waals surface area contributed by atoms with Gasteiger partial charge in [0.2, 0.25) is 5.91 Å². The number of thioether (sulfide) groups is 1. The lowest BCUT2D eigenvalue weighted by Gasteiger charge is -2.23. The molecule has 0 radical (unpaired) electrons. The predicted octanol–water partition coefficient (Wildman–Crippen LogP) is 2.65. The molecule has 0 aliphatic heterocycles. The molecule has 0 aromatic heterocycles. The van der Waals surface area contributed by atoms with Crippen molar-refractivity contribution < 1.29 is 4.79 Å². The quantitative estimate of drug-likeness (QED) is 0.679. The van der Waals surface area contributed by atoms with Crippen LogP contribution in [0.25, 0.3) is 0 Å². The van der Waals surface area contributed by atoms with Gasteiger partial charge in [0.15, 0.2) is 0 Å². The molecule has 1 atom stereocenters. The summed E-state index contributed by atoms with van der Waals surface area (Å²) in [7, 11) is 0. The molecule has 3 N–H and O–H groups in total. The third-order valence-electron chi connectivity index (χ3n) is 3.49. The molecule has 0 aromatic rings. The van der Waals surface area contributed by atoms with E-state index >= 15 is 0 Å². The van der Waals surface area contributed by atoms with Gasteiger partial charge in [0.05, 0.1) is 0 Å². The van der Waals surface area contributed by atoms with Crippen LogP contribution in [0.15, 0.2) is 0 Å². The summed E-state index contributed by atoms with van der Waals surface area (Å²) in [5.41, 5.74) is 5.60. The van der Waals surface area contributed by atoms with Gasteiger partial charge >= 0.3 is 0 Å². The molecule has 1 unspecified atom stereocenters. The van der Waals surface area contributed by atoms with Gasteiger partial charge in [0.25, 0.3) is 0 Å². The van der Waals surface area contributed by atoms with E-state index in [1.54, 1.807) is 11.8 Å². The SMILES string of the molecule is CSC(C)(C)CNC(=O)CCC(CCN)C(C)C. The van der Waals surface area contributed by atoms with Crippen LogP contribution >= 0.6 is 11.8 Å². The van der Waals surface area contributed by atoms with Crippen LogP contribution in [0.3, 0.4) is 0 Å². The first-order valence-electron chi connectivity index (χ1n) is 6.84. The molecule has 1 amide bonds. The molecular weight excluding hydrogens is 244 g/mol. The fraction of sp³-hybridized carbons (Fsp3) is 0.929. The third-order valence-corrected chi connectivity index (χ3v) is 4.74. The number of hydrogen-bond donors (Lipinski definition) is 2. The number of rotatable bonds is 9. The Labute approximate surface area is 117 Å². The first-order chi connectivity index (χ1) is 8.32. The van der Waals surface area contributed by atoms with Crippen LogP contribution in [0.4, 0.5) is 0 Å². The lowest BCUT2D eigenvalue weighted by Crippen LogP contribution is -2.36. The van der Waals surface area contributed by atoms with E-state index in [9.17, 15) is 4.79 Å². The molecule has 0 aromatic carbocycles. The second-order valence-corrected chi connectivity index (χ2v) is 7.37. The molecule has 0 aliphatic carbocycles. The highest BCUT2D eigenvalue weighted by Gasteiger charge is 2.18. The largest absolute Gasteiger partial charge is 0.355 e. The summed E-state index contributed by atoms with van der Waals surface area (Å²) in [6.45, 7) is 10.1. The Bertz CT molecular complexity index is 242. The summed E-state index contributed by atoms with van der Waals surface area (Å²) in [5, 5.41) is 3.02. The van der Waals surface area contributed by atoms with Crippen molar-refractivity contribution in [2.24, 2.45) is 17.6 Å². The van der Waals surface area contributed by atoms with Crippen molar-refractivity contribution in [1.82, 2.24) is 5.32 Å². The summed E-state index contributed by atoms with van der Waals surface area (Å²) in [6.07, 6.45) is 4.65. The summed E-state index contributed by atoms with van der Waals surface area (Å²) in [4.78, 5) is 11.8. The van der Waals surface area contributed by atoms with Gasteiger partial charge in [0, 0.05) is 17.7 Å². The van der Waals surface area contributed by atoms with Crippen LogP contribution in [-0.4, -0.2) is 30.0 Å². The Morgan fingerprint density at radius 3 is 2.39 bits per heavy atom. The average Bonchev–Trinajstić information content (AvgIpc) is 2.31. The van der Waals surface area contributed by atoms with Gasteiger partial charge in [-0.25, -0.2) is 0 Å². The zero-order valence-corrected chi connectivity index (χ0v) is 13.4. The van der Waals surface area contributed by atoms with E-state index in [2.05, 4.69) is 39.3 Å². The molecule has 108 valence electrons. The monoisotopic (exact) mass is 274 g/mol. The standard InChI is InChI=1S/C14H30N2OS/c1-11(2)12(8-9-15)6-7-13(17)16-10-14(3,4)18-5/h11-12H,6-10,15H2,1-5H3,(H,16,17). The van der Waals surface area contributed by atoms with Crippen LogP contribution < -0.4 is 11.1 Å². The second-order valence-electron chi connectivity index (χ2n) is 5.86. The number of carbonyl (C=O) groups is 1. The topological polar surface area (TPSA) is 55.1 Å². The highest BCUT2D eigenvalue weighted by molar-refractivity contribution is 7.99. The van der Waals surface area contributed by atoms with Crippen LogP contribution in [0.5, 0.6) is 0 Å². The van der Waals surface area contributed by atoms with Crippen LogP contribution in [0.2, 0.25) is 0 Å². The Morgan fingerprint density at radius 2 is 1.94 bits per heavy atom. The Kier molecular flexibility index (Phi) is 8.70. The predicted molar refractivity (Wildman–Crippen MR) is 81.8 cm³/mol. The maximum absolute atomic E-state index is 11.8. The van der Waals surface area contributed by atoms with E-state index in [4.69, 9.17) is 5.73 Å². The molecule has 0 rings (SSSR count). The number of hydrogen-bond acceptors (Lipinski definition) is 3. The smallest absolute Gasteiger partial charge is 0.220 e. The fourth-order valence-corrected chi connectivity index (χ4v) is 2.03. The normalized spacial score (nSPS) is 13.7. The van der Waals surface area contributed by atoms with Gasteiger partial charge in [-0.2, -0.15) is 11.8 Å². The molecule has 4 heteroatoms. The van der Waals surface area contributed by atoms with Crippen molar-refractivity contribution >= 4 is 17.7 Å². The summed E-state index contributed by atoms with van der Waals surface area (Å²) >= 11 is 1.78. The van der Waals surface area contributed by atoms with Crippen molar-refractivity contribution in [2.75, 3.05) is 19.3 Å². The summed E-state index contributed by atoms with van der Waals surface area (Å²) in [5.74, 6) is 1.33. The van der Waals surface area contributed by atoms with E-state index in [0.717, 1.165) is 19.4 Å². The summed E-state index contributed by atoms with van der Waals surface area (Å²) in [6, 6.07) is 0. The minimum atomic E-state index is 0.115. The van der Waals surface area contributed by atoms with E-state index < -0.39 is 0 Å². The zero-order chi connectivity index (χ0) is 14.2. The number of carbonyl (C=O) groups excluding carboxylic acids is 1. The van der Waals surface area contributed by atoms with Crippen LogP contribution in [-0.2, 0) is 4.79 Å². The molecule has 0 spiro atoms. The van der Waals surface area contributed by atoms with Crippen molar-refractivity contribution in [1.29, 1.82) is 0 Å². The molecule has 3 nitrogen and oxygen atoms in total. The zero-order valence-electron chi connectivity index (χ0n) is 12.6. The van der Waals surface area contributed by atoms with Crippen molar-refractivity contribution in [2.45, 2.75) is 51.7 Å². The molecule has 0 saturated heterocycles. The van der Waals surface area contributed by atoms with E-state index in [-0.39, 0.29) is 10.7 Å². The maximum atomic E-state index is 11.8. The highest BCUT2D eigenvalue weighted by atomic mass is 32.2. The molecule has 0 bridgehead atoms. The van der Waals surface area contributed by atoms with E-state index in [1.165, 1.54) is 0 Å². The maximum Gasteiger partial charge on any atom is 0.220 e. The molecule has 18 heavy (non-hydrogen) atoms. The van der Waals surface area contributed by atoms with Gasteiger partial charge in [-0.05, 0) is 51.3 Å². The van der Waals surface area contributed by atoms with Gasteiger partial charge < -0.3 is 11.1 Å². The average molecular weight is 274 g/mol. The molecule has 0 saturated carbocycles. The fourth-order valence-electron chi connectivity index (χ4n) is 1.81. The molecular formula is C14H30N2OS. The minimum Gasteiger partial charge on any atom is -0.355 e. The first-order valence-corrected chi connectivity index (χ1v) is 8.06. The Hall–Kier alpha value is -0.220. The van der Waals surface area contributed by atoms with E-state index in [1.807, 2.05) is 0 Å². The number of amides is 1. The molecule has 0 heterocycles. The third kappa shape index (κ3) is 7.98. The molecule has 0 aliphatic rings. The summed E-state index contributed by atoms with van der Waals surface area (Å²) < 4.78 is 0.115. The van der Waals surface area contributed by atoms with Gasteiger partial charge in [-0.3, -0.25) is 4.79 Å². The van der Waals surface area contributed by atoms with E-state index in [0.29, 0.717) is 24.8 Å². The lowest BCUT2D eigenvalue weighted by atomic mass is 9.88. The van der Waals surface area contributed by atoms with Crippen LogP contribution in [0, 0.1) is 11.8 Å². The van der Waals surface area contributed by atoms with Crippen molar-refractivity contribution in [3.63, 3.8) is 0 Å². The van der Waals surface area contributed by atoms with Gasteiger partial charge in [-0.1, -0.05) is 13.8 Å². The van der Waals surface area contributed by atoms with Crippen LogP contribution in [0.1, 0.15) is 47.0 Å². The molecule has 0 fully saturated rings.